The van der Waals surface area contributed by atoms with Gasteiger partial charge in [0.2, 0.25) is 0 Å². The molecule has 0 bridgehead atoms. The van der Waals surface area contributed by atoms with Crippen molar-refractivity contribution in [2.45, 2.75) is 19.3 Å². The molecule has 0 fully saturated rings. The van der Waals surface area contributed by atoms with Crippen LogP contribution in [0.15, 0.2) is 35.2 Å². The summed E-state index contributed by atoms with van der Waals surface area (Å²) < 4.78 is 5.28. The monoisotopic (exact) mass is 252 g/mol. The molecule has 0 radical (unpaired) electrons. The third kappa shape index (κ3) is 1.87. The molecule has 1 aromatic carbocycles. The summed E-state index contributed by atoms with van der Waals surface area (Å²) in [7, 11) is 0. The molecular weight excluding hydrogens is 240 g/mol. The van der Waals surface area contributed by atoms with Gasteiger partial charge >= 0.3 is 0 Å². The summed E-state index contributed by atoms with van der Waals surface area (Å²) in [6.07, 6.45) is 3.15. The summed E-state index contributed by atoms with van der Waals surface area (Å²) in [6.45, 7) is 3.66. The van der Waals surface area contributed by atoms with Crippen molar-refractivity contribution in [3.8, 4) is 17.3 Å². The van der Waals surface area contributed by atoms with Crippen LogP contribution in [0.25, 0.3) is 22.4 Å². The molecule has 0 saturated carbocycles. The molecule has 5 nitrogen and oxygen atoms in total. The number of benzene rings is 1. The number of fused-ring (bicyclic) bond motifs is 1. The number of oxazole rings is 1. The molecule has 2 aromatic heterocycles. The van der Waals surface area contributed by atoms with Gasteiger partial charge in [-0.25, -0.2) is 9.97 Å². The Morgan fingerprint density at radius 2 is 2.16 bits per heavy atom. The SMILES string of the molecule is CC(C)(C#N)c1ncc(-c2ccc3ncoc3c2)[nH]1. The number of rotatable bonds is 2. The fourth-order valence-electron chi connectivity index (χ4n) is 1.86. The van der Waals surface area contributed by atoms with Gasteiger partial charge in [-0.2, -0.15) is 5.26 Å². The topological polar surface area (TPSA) is 78.5 Å². The summed E-state index contributed by atoms with van der Waals surface area (Å²) in [5, 5.41) is 9.11. The lowest BCUT2D eigenvalue weighted by Gasteiger charge is -2.10. The number of H-pyrrole nitrogens is 1. The Morgan fingerprint density at radius 1 is 1.32 bits per heavy atom. The third-order valence-corrected chi connectivity index (χ3v) is 3.09. The van der Waals surface area contributed by atoms with Crippen LogP contribution in [0.2, 0.25) is 0 Å². The zero-order chi connectivity index (χ0) is 13.5. The Kier molecular flexibility index (Phi) is 2.39. The van der Waals surface area contributed by atoms with Crippen molar-refractivity contribution < 1.29 is 4.42 Å². The Labute approximate surface area is 109 Å². The molecule has 0 aliphatic carbocycles. The van der Waals surface area contributed by atoms with E-state index in [0.29, 0.717) is 5.82 Å². The number of aromatic nitrogens is 3. The van der Waals surface area contributed by atoms with Gasteiger partial charge in [0.1, 0.15) is 16.8 Å². The number of aromatic amines is 1. The molecular formula is C14H12N4O. The van der Waals surface area contributed by atoms with E-state index < -0.39 is 5.41 Å². The van der Waals surface area contributed by atoms with Crippen molar-refractivity contribution >= 4 is 11.1 Å². The molecule has 3 aromatic rings. The second-order valence-corrected chi connectivity index (χ2v) is 4.92. The molecule has 0 unspecified atom stereocenters. The molecule has 5 heteroatoms. The highest BCUT2D eigenvalue weighted by Crippen LogP contribution is 2.25. The molecule has 0 amide bonds. The maximum absolute atomic E-state index is 9.11. The van der Waals surface area contributed by atoms with E-state index in [1.54, 1.807) is 6.20 Å². The van der Waals surface area contributed by atoms with Crippen LogP contribution >= 0.6 is 0 Å². The van der Waals surface area contributed by atoms with Crippen LogP contribution in [-0.4, -0.2) is 15.0 Å². The zero-order valence-corrected chi connectivity index (χ0v) is 10.6. The van der Waals surface area contributed by atoms with E-state index in [-0.39, 0.29) is 0 Å². The van der Waals surface area contributed by atoms with Crippen LogP contribution in [0.4, 0.5) is 0 Å². The fourth-order valence-corrected chi connectivity index (χ4v) is 1.86. The van der Waals surface area contributed by atoms with E-state index in [1.807, 2.05) is 32.0 Å². The number of nitrogens with one attached hydrogen (secondary N) is 1. The Morgan fingerprint density at radius 3 is 2.95 bits per heavy atom. The molecule has 1 N–H and O–H groups in total. The number of nitriles is 1. The Bertz CT molecular complexity index is 776. The highest BCUT2D eigenvalue weighted by molar-refractivity contribution is 5.78. The minimum absolute atomic E-state index is 0.630. The highest BCUT2D eigenvalue weighted by atomic mass is 16.3. The average Bonchev–Trinajstić information content (AvgIpc) is 3.06. The maximum atomic E-state index is 9.11. The summed E-state index contributed by atoms with van der Waals surface area (Å²) >= 11 is 0. The minimum atomic E-state index is -0.630. The van der Waals surface area contributed by atoms with Crippen LogP contribution in [-0.2, 0) is 5.41 Å². The first-order valence-corrected chi connectivity index (χ1v) is 5.90. The predicted molar refractivity (Wildman–Crippen MR) is 70.2 cm³/mol. The number of imidazole rings is 1. The second-order valence-electron chi connectivity index (χ2n) is 4.92. The second kappa shape index (κ2) is 3.95. The van der Waals surface area contributed by atoms with E-state index in [1.165, 1.54) is 6.39 Å². The highest BCUT2D eigenvalue weighted by Gasteiger charge is 2.23. The molecule has 0 atom stereocenters. The lowest BCUT2D eigenvalue weighted by molar-refractivity contribution is 0.602. The van der Waals surface area contributed by atoms with Crippen molar-refractivity contribution in [2.24, 2.45) is 0 Å². The molecule has 0 aliphatic heterocycles. The maximum Gasteiger partial charge on any atom is 0.181 e. The van der Waals surface area contributed by atoms with Gasteiger partial charge in [-0.3, -0.25) is 0 Å². The average molecular weight is 252 g/mol. The van der Waals surface area contributed by atoms with Crippen LogP contribution in [0, 0.1) is 11.3 Å². The number of nitrogens with zero attached hydrogens (tertiary/aromatic N) is 3. The molecule has 3 rings (SSSR count). The lowest BCUT2D eigenvalue weighted by Crippen LogP contribution is -2.15. The van der Waals surface area contributed by atoms with E-state index in [0.717, 1.165) is 22.4 Å². The van der Waals surface area contributed by atoms with Gasteiger partial charge in [0.05, 0.1) is 18.0 Å². The van der Waals surface area contributed by atoms with Gasteiger partial charge < -0.3 is 9.40 Å². The smallest absolute Gasteiger partial charge is 0.181 e. The molecule has 0 spiro atoms. The summed E-state index contributed by atoms with van der Waals surface area (Å²) in [5.41, 5.74) is 2.73. The van der Waals surface area contributed by atoms with Gasteiger partial charge in [-0.1, -0.05) is 6.07 Å². The standard InChI is InChI=1S/C14H12N4O/c1-14(2,7-15)13-16-6-11(18-13)9-3-4-10-12(5-9)19-8-17-10/h3-6,8H,1-2H3,(H,16,18). The minimum Gasteiger partial charge on any atom is -0.443 e. The van der Waals surface area contributed by atoms with Crippen molar-refractivity contribution in [2.75, 3.05) is 0 Å². The van der Waals surface area contributed by atoms with Gasteiger partial charge in [0.25, 0.3) is 0 Å². The predicted octanol–water partition coefficient (Wildman–Crippen LogP) is 3.02. The van der Waals surface area contributed by atoms with Crippen molar-refractivity contribution in [3.05, 3.63) is 36.6 Å². The summed E-state index contributed by atoms with van der Waals surface area (Å²) in [5.74, 6) is 0.655. The fraction of sp³-hybridized carbons (Fsp3) is 0.214. The lowest BCUT2D eigenvalue weighted by atomic mass is 9.95. The van der Waals surface area contributed by atoms with Gasteiger partial charge in [-0.05, 0) is 26.0 Å². The van der Waals surface area contributed by atoms with Crippen LogP contribution in [0.1, 0.15) is 19.7 Å². The molecule has 2 heterocycles. The number of hydrogen-bond donors (Lipinski definition) is 1. The Balaban J connectivity index is 2.05. The van der Waals surface area contributed by atoms with E-state index in [2.05, 4.69) is 21.0 Å². The van der Waals surface area contributed by atoms with E-state index in [4.69, 9.17) is 9.68 Å². The van der Waals surface area contributed by atoms with Crippen LogP contribution in [0.5, 0.6) is 0 Å². The van der Waals surface area contributed by atoms with Gasteiger partial charge in [0, 0.05) is 5.56 Å². The van der Waals surface area contributed by atoms with E-state index >= 15 is 0 Å². The Hall–Kier alpha value is -2.61. The van der Waals surface area contributed by atoms with Crippen LogP contribution in [0.3, 0.4) is 0 Å². The molecule has 0 saturated heterocycles. The zero-order valence-electron chi connectivity index (χ0n) is 10.6. The van der Waals surface area contributed by atoms with Crippen molar-refractivity contribution in [1.82, 2.24) is 15.0 Å². The largest absolute Gasteiger partial charge is 0.443 e. The summed E-state index contributed by atoms with van der Waals surface area (Å²) in [6, 6.07) is 7.97. The van der Waals surface area contributed by atoms with Crippen LogP contribution < -0.4 is 0 Å². The van der Waals surface area contributed by atoms with E-state index in [9.17, 15) is 0 Å². The molecule has 0 aliphatic rings. The number of hydrogen-bond acceptors (Lipinski definition) is 4. The first kappa shape index (κ1) is 11.5. The van der Waals surface area contributed by atoms with Crippen molar-refractivity contribution in [3.63, 3.8) is 0 Å². The third-order valence-electron chi connectivity index (χ3n) is 3.09. The van der Waals surface area contributed by atoms with Gasteiger partial charge in [-0.15, -0.1) is 0 Å². The van der Waals surface area contributed by atoms with Crippen molar-refractivity contribution in [1.29, 1.82) is 5.26 Å². The van der Waals surface area contributed by atoms with Gasteiger partial charge in [0.15, 0.2) is 12.0 Å². The first-order valence-electron chi connectivity index (χ1n) is 5.90. The molecule has 19 heavy (non-hydrogen) atoms. The summed E-state index contributed by atoms with van der Waals surface area (Å²) in [4.78, 5) is 11.5. The first-order chi connectivity index (χ1) is 9.10. The molecule has 94 valence electrons. The normalized spacial score (nSPS) is 11.6. The quantitative estimate of drug-likeness (QED) is 0.760.